The number of hydrogen-bond acceptors (Lipinski definition) is 2. The van der Waals surface area contributed by atoms with Gasteiger partial charge in [0.15, 0.2) is 0 Å². The Labute approximate surface area is 142 Å². The fraction of sp³-hybridized carbons (Fsp3) is 0.350. The van der Waals surface area contributed by atoms with Crippen LogP contribution in [0.15, 0.2) is 54.6 Å². The molecule has 124 valence electrons. The Morgan fingerprint density at radius 3 is 2.25 bits per heavy atom. The number of ether oxygens (including phenoxy) is 1. The molecule has 2 bridgehead atoms. The summed E-state index contributed by atoms with van der Waals surface area (Å²) < 4.78 is 5.77. The number of nitrogens with one attached hydrogen (secondary N) is 2. The van der Waals surface area contributed by atoms with Crippen LogP contribution in [0.1, 0.15) is 23.2 Å². The Hall–Kier alpha value is -2.33. The van der Waals surface area contributed by atoms with Crippen molar-refractivity contribution in [3.05, 3.63) is 60.2 Å². The lowest BCUT2D eigenvalue weighted by molar-refractivity contribution is -0.917. The van der Waals surface area contributed by atoms with E-state index < -0.39 is 0 Å². The maximum absolute atomic E-state index is 12.5. The van der Waals surface area contributed by atoms with Crippen molar-refractivity contribution < 1.29 is 14.4 Å². The maximum atomic E-state index is 12.5. The summed E-state index contributed by atoms with van der Waals surface area (Å²) in [4.78, 5) is 14.1. The molecule has 4 nitrogen and oxygen atoms in total. The van der Waals surface area contributed by atoms with Crippen LogP contribution in [0.25, 0.3) is 0 Å². The van der Waals surface area contributed by atoms with Crippen LogP contribution >= 0.6 is 0 Å². The molecule has 24 heavy (non-hydrogen) atoms. The van der Waals surface area contributed by atoms with Gasteiger partial charge >= 0.3 is 0 Å². The predicted molar refractivity (Wildman–Crippen MR) is 92.5 cm³/mol. The molecular weight excluding hydrogens is 300 g/mol. The lowest BCUT2D eigenvalue weighted by Gasteiger charge is -2.42. The molecule has 2 aromatic rings. The van der Waals surface area contributed by atoms with Crippen molar-refractivity contribution in [2.24, 2.45) is 5.92 Å². The molecule has 5 rings (SSSR count). The lowest BCUT2D eigenvalue weighted by Crippen LogP contribution is -3.17. The van der Waals surface area contributed by atoms with Crippen molar-refractivity contribution in [1.82, 2.24) is 5.32 Å². The molecule has 0 radical (unpaired) electrons. The highest BCUT2D eigenvalue weighted by Crippen LogP contribution is 2.22. The second kappa shape index (κ2) is 6.65. The van der Waals surface area contributed by atoms with Gasteiger partial charge in [0.1, 0.15) is 11.5 Å². The third-order valence-corrected chi connectivity index (χ3v) is 5.23. The van der Waals surface area contributed by atoms with Gasteiger partial charge in [-0.25, -0.2) is 0 Å². The molecule has 0 unspecified atom stereocenters. The predicted octanol–water partition coefficient (Wildman–Crippen LogP) is 1.89. The minimum atomic E-state index is 0.0272. The Bertz CT molecular complexity index is 691. The molecular formula is C20H23N2O2+. The maximum Gasteiger partial charge on any atom is 0.251 e. The van der Waals surface area contributed by atoms with Gasteiger partial charge in [-0.2, -0.15) is 0 Å². The number of quaternary nitrogens is 1. The molecule has 3 saturated heterocycles. The van der Waals surface area contributed by atoms with Crippen molar-refractivity contribution in [1.29, 1.82) is 0 Å². The second-order valence-corrected chi connectivity index (χ2v) is 6.81. The molecule has 0 aliphatic carbocycles. The number of para-hydroxylation sites is 1. The summed E-state index contributed by atoms with van der Waals surface area (Å²) in [6.07, 6.45) is 2.48. The van der Waals surface area contributed by atoms with Gasteiger partial charge < -0.3 is 15.0 Å². The highest BCUT2D eigenvalue weighted by atomic mass is 16.5. The van der Waals surface area contributed by atoms with Crippen molar-refractivity contribution in [2.75, 3.05) is 19.6 Å². The van der Waals surface area contributed by atoms with E-state index in [1.54, 1.807) is 4.90 Å². The topological polar surface area (TPSA) is 42.8 Å². The van der Waals surface area contributed by atoms with Gasteiger partial charge in [-0.15, -0.1) is 0 Å². The fourth-order valence-corrected chi connectivity index (χ4v) is 3.85. The van der Waals surface area contributed by atoms with Crippen molar-refractivity contribution in [3.63, 3.8) is 0 Å². The summed E-state index contributed by atoms with van der Waals surface area (Å²) in [6, 6.07) is 17.4. The molecule has 1 amide bonds. The summed E-state index contributed by atoms with van der Waals surface area (Å²) in [5.41, 5.74) is 0.696. The van der Waals surface area contributed by atoms with E-state index in [9.17, 15) is 4.79 Å². The van der Waals surface area contributed by atoms with E-state index in [2.05, 4.69) is 5.32 Å². The summed E-state index contributed by atoms with van der Waals surface area (Å²) >= 11 is 0. The van der Waals surface area contributed by atoms with Crippen LogP contribution in [0, 0.1) is 5.92 Å². The molecule has 2 N–H and O–H groups in total. The average Bonchev–Trinajstić information content (AvgIpc) is 2.64. The molecule has 0 spiro atoms. The Morgan fingerprint density at radius 2 is 1.62 bits per heavy atom. The lowest BCUT2D eigenvalue weighted by atomic mass is 9.84. The molecule has 3 heterocycles. The number of carbonyl (C=O) groups excluding carboxylic acids is 1. The number of fused-ring (bicyclic) bond motifs is 3. The van der Waals surface area contributed by atoms with Crippen LogP contribution in [0.4, 0.5) is 0 Å². The van der Waals surface area contributed by atoms with E-state index in [1.807, 2.05) is 54.6 Å². The summed E-state index contributed by atoms with van der Waals surface area (Å²) in [6.45, 7) is 3.61. The van der Waals surface area contributed by atoms with Crippen molar-refractivity contribution in [3.8, 4) is 11.5 Å². The van der Waals surface area contributed by atoms with E-state index in [4.69, 9.17) is 4.74 Å². The van der Waals surface area contributed by atoms with Gasteiger partial charge in [0, 0.05) is 18.4 Å². The smallest absolute Gasteiger partial charge is 0.251 e. The van der Waals surface area contributed by atoms with Crippen molar-refractivity contribution >= 4 is 5.91 Å². The Balaban J connectivity index is 1.38. The SMILES string of the molecule is O=C(N[C@H]1C[NH+]2CCC1CC2)c1ccc(Oc2ccccc2)cc1. The summed E-state index contributed by atoms with van der Waals surface area (Å²) in [5.74, 6) is 2.22. The van der Waals surface area contributed by atoms with Gasteiger partial charge in [-0.05, 0) is 42.3 Å². The zero-order valence-electron chi connectivity index (χ0n) is 13.7. The standard InChI is InChI=1S/C20H22N2O2/c23-20(21-19-14-22-12-10-15(19)11-13-22)16-6-8-18(9-7-16)24-17-4-2-1-3-5-17/h1-9,15,19H,10-14H2,(H,21,23)/p+1/t19-/m0/s1. The molecule has 3 aliphatic heterocycles. The van der Waals surface area contributed by atoms with Crippen LogP contribution in [-0.4, -0.2) is 31.6 Å². The molecule has 0 saturated carbocycles. The van der Waals surface area contributed by atoms with Gasteiger partial charge in [0.25, 0.3) is 5.91 Å². The number of benzene rings is 2. The van der Waals surface area contributed by atoms with E-state index in [1.165, 1.54) is 25.9 Å². The molecule has 1 atom stereocenters. The number of carbonyl (C=O) groups is 1. The van der Waals surface area contributed by atoms with Crippen LogP contribution in [0.3, 0.4) is 0 Å². The van der Waals surface area contributed by atoms with Gasteiger partial charge in [0.2, 0.25) is 0 Å². The second-order valence-electron chi connectivity index (χ2n) is 6.81. The summed E-state index contributed by atoms with van der Waals surface area (Å²) in [5, 5.41) is 3.24. The Morgan fingerprint density at radius 1 is 0.958 bits per heavy atom. The first-order valence-electron chi connectivity index (χ1n) is 8.75. The number of hydrogen-bond donors (Lipinski definition) is 2. The minimum absolute atomic E-state index is 0.0272. The fourth-order valence-electron chi connectivity index (χ4n) is 3.85. The molecule has 3 aliphatic rings. The zero-order chi connectivity index (χ0) is 16.4. The normalized spacial score (nSPS) is 25.2. The molecule has 2 aromatic carbocycles. The first-order chi connectivity index (χ1) is 11.8. The van der Waals surface area contributed by atoms with E-state index in [-0.39, 0.29) is 5.91 Å². The number of piperidine rings is 3. The van der Waals surface area contributed by atoms with Crippen molar-refractivity contribution in [2.45, 2.75) is 18.9 Å². The van der Waals surface area contributed by atoms with Crippen LogP contribution in [0.5, 0.6) is 11.5 Å². The number of amides is 1. The zero-order valence-corrected chi connectivity index (χ0v) is 13.7. The van der Waals surface area contributed by atoms with E-state index in [0.717, 1.165) is 18.0 Å². The van der Waals surface area contributed by atoms with Gasteiger partial charge in [-0.3, -0.25) is 4.79 Å². The van der Waals surface area contributed by atoms with Crippen LogP contribution in [0.2, 0.25) is 0 Å². The van der Waals surface area contributed by atoms with Crippen LogP contribution < -0.4 is 15.0 Å². The summed E-state index contributed by atoms with van der Waals surface area (Å²) in [7, 11) is 0. The highest BCUT2D eigenvalue weighted by Gasteiger charge is 2.38. The monoisotopic (exact) mass is 323 g/mol. The van der Waals surface area contributed by atoms with Gasteiger partial charge in [0.05, 0.1) is 25.7 Å². The molecule has 4 heteroatoms. The first kappa shape index (κ1) is 15.2. The van der Waals surface area contributed by atoms with E-state index in [0.29, 0.717) is 17.5 Å². The highest BCUT2D eigenvalue weighted by molar-refractivity contribution is 5.94. The first-order valence-corrected chi connectivity index (χ1v) is 8.75. The average molecular weight is 323 g/mol. The molecule has 3 fully saturated rings. The third kappa shape index (κ3) is 3.29. The minimum Gasteiger partial charge on any atom is -0.457 e. The third-order valence-electron chi connectivity index (χ3n) is 5.23. The van der Waals surface area contributed by atoms with Gasteiger partial charge in [-0.1, -0.05) is 18.2 Å². The Kier molecular flexibility index (Phi) is 4.22. The van der Waals surface area contributed by atoms with E-state index >= 15 is 0 Å². The number of rotatable bonds is 4. The largest absolute Gasteiger partial charge is 0.457 e. The van der Waals surface area contributed by atoms with Crippen LogP contribution in [-0.2, 0) is 0 Å². The molecule has 0 aromatic heterocycles. The quantitative estimate of drug-likeness (QED) is 0.902.